The second kappa shape index (κ2) is 44.3. The van der Waals surface area contributed by atoms with Gasteiger partial charge in [0.25, 0.3) is 0 Å². The van der Waals surface area contributed by atoms with E-state index in [2.05, 4.69) is 123 Å². The number of nitrogens with zero attached hydrogens (tertiary/aromatic N) is 1. The number of carbonyl (C=O) groups is 3. The molecule has 0 aromatic rings. The minimum atomic E-state index is -1.14. The Morgan fingerprint density at radius 2 is 0.952 bits per heavy atom. The summed E-state index contributed by atoms with van der Waals surface area (Å²) in [6.07, 6.45) is 62.2. The second-order valence-electron chi connectivity index (χ2n) is 16.7. The fourth-order valence-corrected chi connectivity index (χ4v) is 6.20. The van der Waals surface area contributed by atoms with Crippen LogP contribution >= 0.6 is 0 Å². The highest BCUT2D eigenvalue weighted by atomic mass is 16.6. The molecule has 8 nitrogen and oxygen atoms in total. The molecule has 0 saturated carbocycles. The predicted octanol–water partition coefficient (Wildman–Crippen LogP) is 12.5. The van der Waals surface area contributed by atoms with Crippen molar-refractivity contribution in [1.29, 1.82) is 0 Å². The molecule has 0 amide bonds. The van der Waals surface area contributed by atoms with Crippen LogP contribution in [-0.2, 0) is 28.6 Å². The van der Waals surface area contributed by atoms with Crippen LogP contribution in [0.25, 0.3) is 0 Å². The highest BCUT2D eigenvalue weighted by Gasteiger charge is 2.25. The maximum Gasteiger partial charge on any atom is 0.306 e. The molecule has 0 radical (unpaired) electrons. The number of rotatable bonds is 41. The van der Waals surface area contributed by atoms with Crippen LogP contribution in [0.2, 0.25) is 0 Å². The first-order chi connectivity index (χ1) is 30.6. The van der Waals surface area contributed by atoms with Gasteiger partial charge in [0, 0.05) is 19.3 Å². The lowest BCUT2D eigenvalue weighted by molar-refractivity contribution is -0.889. The van der Waals surface area contributed by atoms with E-state index in [9.17, 15) is 19.5 Å². The van der Waals surface area contributed by atoms with E-state index in [0.717, 1.165) is 96.3 Å². The number of carbonyl (C=O) groups excluding carboxylic acids is 3. The van der Waals surface area contributed by atoms with Crippen molar-refractivity contribution in [2.45, 2.75) is 167 Å². The first-order valence-corrected chi connectivity index (χ1v) is 24.1. The maximum atomic E-state index is 12.8. The SMILES string of the molecule is CC/C=C/C/C=C/C/C=C/C/C=C/C/C=C/C/C=C/CCCCC(=O)OCC(COCCC(C(=O)[O-])[N+](C)(C)C)OC(=O)CCCCCCC/C=C/C=C/C=C/C=C/CCCCC. The van der Waals surface area contributed by atoms with Crippen LogP contribution in [0.3, 0.4) is 0 Å². The van der Waals surface area contributed by atoms with Crippen molar-refractivity contribution in [2.75, 3.05) is 41.0 Å². The fraction of sp³-hybridized carbons (Fsp3) is 0.582. The summed E-state index contributed by atoms with van der Waals surface area (Å²) in [4.78, 5) is 37.0. The minimum Gasteiger partial charge on any atom is -0.544 e. The molecular weight excluding hydrogens is 787 g/mol. The molecule has 0 spiro atoms. The average Bonchev–Trinajstić information content (AvgIpc) is 3.24. The Labute approximate surface area is 384 Å². The van der Waals surface area contributed by atoms with Gasteiger partial charge in [-0.1, -0.05) is 167 Å². The molecule has 354 valence electrons. The van der Waals surface area contributed by atoms with Gasteiger partial charge >= 0.3 is 11.9 Å². The number of carboxylic acid groups (broad SMARTS) is 1. The highest BCUT2D eigenvalue weighted by molar-refractivity contribution is 5.70. The molecule has 2 atom stereocenters. The molecule has 0 aliphatic carbocycles. The average molecular weight is 874 g/mol. The van der Waals surface area contributed by atoms with Crippen LogP contribution in [0.4, 0.5) is 0 Å². The maximum absolute atomic E-state index is 12.8. The van der Waals surface area contributed by atoms with Crippen LogP contribution in [0.5, 0.6) is 0 Å². The van der Waals surface area contributed by atoms with Crippen LogP contribution in [0.1, 0.15) is 155 Å². The number of aliphatic carboxylic acids is 1. The number of hydrogen-bond donors (Lipinski definition) is 0. The van der Waals surface area contributed by atoms with E-state index >= 15 is 0 Å². The number of allylic oxidation sites excluding steroid dienone is 20. The molecule has 0 aliphatic heterocycles. The lowest BCUT2D eigenvalue weighted by Gasteiger charge is -2.34. The molecule has 0 aliphatic rings. The molecule has 63 heavy (non-hydrogen) atoms. The highest BCUT2D eigenvalue weighted by Crippen LogP contribution is 2.12. The number of hydrogen-bond acceptors (Lipinski definition) is 7. The third-order valence-electron chi connectivity index (χ3n) is 9.93. The van der Waals surface area contributed by atoms with E-state index in [4.69, 9.17) is 14.2 Å². The number of esters is 2. The van der Waals surface area contributed by atoms with Crippen molar-refractivity contribution >= 4 is 17.9 Å². The number of carboxylic acids is 1. The molecule has 0 aromatic carbocycles. The molecule has 2 unspecified atom stereocenters. The molecule has 8 heteroatoms. The summed E-state index contributed by atoms with van der Waals surface area (Å²) < 4.78 is 17.1. The van der Waals surface area contributed by atoms with E-state index in [1.54, 1.807) is 21.1 Å². The summed E-state index contributed by atoms with van der Waals surface area (Å²) in [6, 6.07) is -0.746. The van der Waals surface area contributed by atoms with Gasteiger partial charge in [0.05, 0.1) is 40.3 Å². The molecule has 0 rings (SSSR count). The minimum absolute atomic E-state index is 0.00772. The van der Waals surface area contributed by atoms with Gasteiger partial charge in [-0.15, -0.1) is 0 Å². The lowest BCUT2D eigenvalue weighted by atomic mass is 10.1. The van der Waals surface area contributed by atoms with Crippen molar-refractivity contribution in [3.05, 3.63) is 122 Å². The van der Waals surface area contributed by atoms with Crippen LogP contribution < -0.4 is 5.11 Å². The van der Waals surface area contributed by atoms with Gasteiger partial charge in [-0.3, -0.25) is 9.59 Å². The normalized spacial score (nSPS) is 14.0. The summed E-state index contributed by atoms with van der Waals surface area (Å²) in [5, 5.41) is 11.7. The number of quaternary nitrogens is 1. The first-order valence-electron chi connectivity index (χ1n) is 24.1. The number of likely N-dealkylation sites (N-methyl/N-ethyl adjacent to an activating group) is 1. The van der Waals surface area contributed by atoms with Gasteiger partial charge < -0.3 is 28.6 Å². The van der Waals surface area contributed by atoms with Crippen LogP contribution in [0, 0.1) is 0 Å². The van der Waals surface area contributed by atoms with Gasteiger partial charge in [0.2, 0.25) is 0 Å². The van der Waals surface area contributed by atoms with Gasteiger partial charge in [-0.25, -0.2) is 0 Å². The second-order valence-corrected chi connectivity index (χ2v) is 16.7. The zero-order chi connectivity index (χ0) is 46.3. The first kappa shape index (κ1) is 58.7. The third-order valence-corrected chi connectivity index (χ3v) is 9.93. The Balaban J connectivity index is 4.46. The Morgan fingerprint density at radius 1 is 0.508 bits per heavy atom. The standard InChI is InChI=1S/C55H87NO7/c1-6-8-10-12-14-16-18-20-22-24-26-27-28-30-31-33-35-37-39-41-43-45-53(57)62-50-51(49-61-48-47-52(55(59)60)56(3,4)5)63-54(58)46-44-42-40-38-36-34-32-29-25-23-21-19-17-15-13-11-9-7-2/h8,10,14-17,19-23,25-27,29-32,35,37,51-52H,6-7,9,11-13,18,24,28,33-34,36,38-50H2,1-5H3/b10-8+,16-14+,17-15+,21-19+,22-20+,25-23+,27-26+,31-30+,32-29+,37-35+. The molecule has 0 heterocycles. The molecule has 0 bridgehead atoms. The van der Waals surface area contributed by atoms with Gasteiger partial charge in [-0.2, -0.15) is 0 Å². The molecule has 0 fully saturated rings. The third kappa shape index (κ3) is 42.8. The van der Waals surface area contributed by atoms with Crippen molar-refractivity contribution in [3.8, 4) is 0 Å². The molecule has 0 N–H and O–H groups in total. The molecule has 0 aromatic heterocycles. The largest absolute Gasteiger partial charge is 0.544 e. The van der Waals surface area contributed by atoms with E-state index < -0.39 is 18.1 Å². The van der Waals surface area contributed by atoms with Gasteiger partial charge in [0.15, 0.2) is 6.10 Å². The van der Waals surface area contributed by atoms with E-state index in [1.807, 2.05) is 12.2 Å². The van der Waals surface area contributed by atoms with Crippen molar-refractivity contribution in [2.24, 2.45) is 0 Å². The smallest absolute Gasteiger partial charge is 0.306 e. The van der Waals surface area contributed by atoms with Gasteiger partial charge in [0.1, 0.15) is 12.6 Å². The number of ether oxygens (including phenoxy) is 3. The van der Waals surface area contributed by atoms with Crippen molar-refractivity contribution in [3.63, 3.8) is 0 Å². The topological polar surface area (TPSA) is 102 Å². The van der Waals surface area contributed by atoms with Crippen molar-refractivity contribution in [1.82, 2.24) is 0 Å². The predicted molar refractivity (Wildman–Crippen MR) is 263 cm³/mol. The Morgan fingerprint density at radius 3 is 1.49 bits per heavy atom. The van der Waals surface area contributed by atoms with E-state index in [0.29, 0.717) is 6.42 Å². The summed E-state index contributed by atoms with van der Waals surface area (Å²) >= 11 is 0. The van der Waals surface area contributed by atoms with Gasteiger partial charge in [-0.05, 0) is 89.9 Å². The summed E-state index contributed by atoms with van der Waals surface area (Å²) in [6.45, 7) is 4.41. The summed E-state index contributed by atoms with van der Waals surface area (Å²) in [5.74, 6) is -1.84. The van der Waals surface area contributed by atoms with Crippen LogP contribution in [0.15, 0.2) is 122 Å². The summed E-state index contributed by atoms with van der Waals surface area (Å²) in [5.41, 5.74) is 0. The number of unbranched alkanes of at least 4 members (excludes halogenated alkanes) is 10. The van der Waals surface area contributed by atoms with E-state index in [1.165, 1.54) is 19.3 Å². The Hall–Kier alpha value is -4.27. The zero-order valence-corrected chi connectivity index (χ0v) is 40.2. The zero-order valence-electron chi connectivity index (χ0n) is 40.2. The lowest BCUT2D eigenvalue weighted by Crippen LogP contribution is -2.55. The molecular formula is C55H87NO7. The van der Waals surface area contributed by atoms with Crippen LogP contribution in [-0.4, -0.2) is 75.5 Å². The monoisotopic (exact) mass is 874 g/mol. The Kier molecular flexibility index (Phi) is 41.3. The Bertz CT molecular complexity index is 1440. The van der Waals surface area contributed by atoms with E-state index in [-0.39, 0.29) is 55.5 Å². The fourth-order valence-electron chi connectivity index (χ4n) is 6.20. The quantitative estimate of drug-likeness (QED) is 0.0198. The molecule has 0 saturated heterocycles. The van der Waals surface area contributed by atoms with Crippen molar-refractivity contribution < 1.29 is 38.2 Å². The summed E-state index contributed by atoms with van der Waals surface area (Å²) in [7, 11) is 5.37.